The number of amides is 2. The first-order valence-electron chi connectivity index (χ1n) is 8.07. The summed E-state index contributed by atoms with van der Waals surface area (Å²) in [4.78, 5) is 28.7. The minimum atomic E-state index is -0.226. The average Bonchev–Trinajstić information content (AvgIpc) is 2.41. The highest BCUT2D eigenvalue weighted by atomic mass is 16.7. The second-order valence-electron chi connectivity index (χ2n) is 7.44. The summed E-state index contributed by atoms with van der Waals surface area (Å²) >= 11 is 0. The Hall–Kier alpha value is -1.10. The number of carbonyl (C=O) groups is 2. The van der Waals surface area contributed by atoms with Crippen molar-refractivity contribution in [1.82, 2.24) is 10.4 Å². The van der Waals surface area contributed by atoms with Gasteiger partial charge in [-0.1, -0.05) is 0 Å². The summed E-state index contributed by atoms with van der Waals surface area (Å²) in [7, 11) is 2.99. The van der Waals surface area contributed by atoms with E-state index < -0.39 is 0 Å². The summed E-state index contributed by atoms with van der Waals surface area (Å²) in [5, 5.41) is 3.91. The second kappa shape index (κ2) is 5.59. The lowest BCUT2D eigenvalue weighted by atomic mass is 9.49. The predicted octanol–water partition coefficient (Wildman–Crippen LogP) is 1.73. The van der Waals surface area contributed by atoms with Crippen molar-refractivity contribution in [2.75, 3.05) is 20.7 Å². The van der Waals surface area contributed by atoms with Gasteiger partial charge in [0.05, 0.1) is 13.7 Å². The van der Waals surface area contributed by atoms with Crippen LogP contribution in [0.15, 0.2) is 0 Å². The van der Waals surface area contributed by atoms with Crippen LogP contribution in [0.25, 0.3) is 0 Å². The van der Waals surface area contributed by atoms with Crippen LogP contribution in [0.4, 0.5) is 0 Å². The molecule has 0 spiro atoms. The third-order valence-corrected chi connectivity index (χ3v) is 5.76. The zero-order chi connectivity index (χ0) is 15.0. The summed E-state index contributed by atoms with van der Waals surface area (Å²) in [5.41, 5.74) is 0.231. The molecular formula is C16H26N2O3. The normalized spacial score (nSPS) is 36.6. The molecule has 1 N–H and O–H groups in total. The van der Waals surface area contributed by atoms with E-state index in [2.05, 4.69) is 5.32 Å². The molecule has 4 aliphatic rings. The lowest BCUT2D eigenvalue weighted by Gasteiger charge is -2.56. The fourth-order valence-corrected chi connectivity index (χ4v) is 5.30. The van der Waals surface area contributed by atoms with Gasteiger partial charge < -0.3 is 5.32 Å². The zero-order valence-electron chi connectivity index (χ0n) is 13.1. The molecule has 4 fully saturated rings. The van der Waals surface area contributed by atoms with Crippen molar-refractivity contribution in [2.24, 2.45) is 23.2 Å². The van der Waals surface area contributed by atoms with Crippen molar-refractivity contribution in [3.63, 3.8) is 0 Å². The molecule has 0 aliphatic heterocycles. The Labute approximate surface area is 126 Å². The van der Waals surface area contributed by atoms with Gasteiger partial charge in [0, 0.05) is 13.5 Å². The first-order chi connectivity index (χ1) is 9.99. The van der Waals surface area contributed by atoms with Gasteiger partial charge in [-0.15, -0.1) is 0 Å². The van der Waals surface area contributed by atoms with Gasteiger partial charge in [-0.25, -0.2) is 5.06 Å². The molecule has 2 amide bonds. The highest BCUT2D eigenvalue weighted by molar-refractivity contribution is 5.84. The van der Waals surface area contributed by atoms with Crippen molar-refractivity contribution in [3.8, 4) is 0 Å². The third kappa shape index (κ3) is 3.07. The van der Waals surface area contributed by atoms with Crippen molar-refractivity contribution in [1.29, 1.82) is 0 Å². The summed E-state index contributed by atoms with van der Waals surface area (Å²) in [5.74, 6) is 2.35. The molecule has 4 aliphatic carbocycles. The maximum absolute atomic E-state index is 12.2. The van der Waals surface area contributed by atoms with E-state index in [0.717, 1.165) is 22.8 Å². The van der Waals surface area contributed by atoms with Crippen LogP contribution in [0, 0.1) is 23.2 Å². The van der Waals surface area contributed by atoms with Crippen LogP contribution in [0.2, 0.25) is 0 Å². The van der Waals surface area contributed by atoms with E-state index >= 15 is 0 Å². The topological polar surface area (TPSA) is 58.6 Å². The van der Waals surface area contributed by atoms with Crippen LogP contribution in [-0.2, 0) is 14.4 Å². The summed E-state index contributed by atoms with van der Waals surface area (Å²) in [6.45, 7) is 0.0234. The van der Waals surface area contributed by atoms with Gasteiger partial charge in [0.15, 0.2) is 0 Å². The van der Waals surface area contributed by atoms with E-state index in [1.807, 2.05) is 0 Å². The van der Waals surface area contributed by atoms with Crippen LogP contribution < -0.4 is 5.32 Å². The van der Waals surface area contributed by atoms with Crippen LogP contribution >= 0.6 is 0 Å². The average molecular weight is 294 g/mol. The molecule has 0 aromatic heterocycles. The summed E-state index contributed by atoms with van der Waals surface area (Å²) in [6.07, 6.45) is 8.42. The molecule has 0 aromatic rings. The predicted molar refractivity (Wildman–Crippen MR) is 78.0 cm³/mol. The Morgan fingerprint density at radius 3 is 2.14 bits per heavy atom. The molecule has 118 valence electrons. The summed E-state index contributed by atoms with van der Waals surface area (Å²) in [6, 6.07) is 0. The van der Waals surface area contributed by atoms with E-state index in [0.29, 0.717) is 6.42 Å². The highest BCUT2D eigenvalue weighted by Crippen LogP contribution is 2.61. The summed E-state index contributed by atoms with van der Waals surface area (Å²) < 4.78 is 0. The lowest BCUT2D eigenvalue weighted by Crippen LogP contribution is -2.48. The van der Waals surface area contributed by atoms with E-state index in [4.69, 9.17) is 4.84 Å². The van der Waals surface area contributed by atoms with Gasteiger partial charge in [0.25, 0.3) is 5.91 Å². The molecule has 0 radical (unpaired) electrons. The zero-order valence-corrected chi connectivity index (χ0v) is 13.1. The van der Waals surface area contributed by atoms with Crippen LogP contribution in [0.1, 0.15) is 44.9 Å². The van der Waals surface area contributed by atoms with E-state index in [1.54, 1.807) is 7.05 Å². The Morgan fingerprint density at radius 2 is 1.67 bits per heavy atom. The minimum Gasteiger partial charge on any atom is -0.347 e. The molecule has 21 heavy (non-hydrogen) atoms. The molecule has 0 heterocycles. The Balaban J connectivity index is 1.52. The molecule has 4 saturated carbocycles. The monoisotopic (exact) mass is 294 g/mol. The number of nitrogens with zero attached hydrogens (tertiary/aromatic N) is 1. The number of likely N-dealkylation sites (N-methyl/N-ethyl adjacent to an activating group) is 1. The lowest BCUT2D eigenvalue weighted by molar-refractivity contribution is -0.168. The van der Waals surface area contributed by atoms with Gasteiger partial charge in [-0.2, -0.15) is 0 Å². The third-order valence-electron chi connectivity index (χ3n) is 5.76. The number of rotatable bonds is 5. The van der Waals surface area contributed by atoms with Gasteiger partial charge in [-0.05, 0) is 61.7 Å². The van der Waals surface area contributed by atoms with Gasteiger partial charge >= 0.3 is 0 Å². The second-order valence-corrected chi connectivity index (χ2v) is 7.44. The number of nitrogens with one attached hydrogen (secondary N) is 1. The van der Waals surface area contributed by atoms with E-state index in [9.17, 15) is 9.59 Å². The molecule has 5 heteroatoms. The van der Waals surface area contributed by atoms with Crippen LogP contribution in [0.5, 0.6) is 0 Å². The van der Waals surface area contributed by atoms with Crippen molar-refractivity contribution in [2.45, 2.75) is 44.9 Å². The van der Waals surface area contributed by atoms with Gasteiger partial charge in [0.2, 0.25) is 5.91 Å². The smallest absolute Gasteiger partial charge is 0.265 e. The van der Waals surface area contributed by atoms with Crippen molar-refractivity contribution >= 4 is 11.8 Å². The Morgan fingerprint density at radius 1 is 1.14 bits per heavy atom. The van der Waals surface area contributed by atoms with Gasteiger partial charge in [-0.3, -0.25) is 14.4 Å². The van der Waals surface area contributed by atoms with Crippen LogP contribution in [0.3, 0.4) is 0 Å². The van der Waals surface area contributed by atoms with Crippen LogP contribution in [-0.4, -0.2) is 37.6 Å². The van der Waals surface area contributed by atoms with Crippen molar-refractivity contribution in [3.05, 3.63) is 0 Å². The quantitative estimate of drug-likeness (QED) is 0.786. The molecular weight excluding hydrogens is 268 g/mol. The largest absolute Gasteiger partial charge is 0.347 e. The minimum absolute atomic E-state index is 0.0230. The first kappa shape index (κ1) is 14.8. The fourth-order valence-electron chi connectivity index (χ4n) is 5.30. The number of hydrogen-bond acceptors (Lipinski definition) is 3. The maximum atomic E-state index is 12.2. The molecule has 0 unspecified atom stereocenters. The fraction of sp³-hybridized carbons (Fsp3) is 0.875. The molecule has 4 bridgehead atoms. The number of hydrogen-bond donors (Lipinski definition) is 1. The first-order valence-corrected chi connectivity index (χ1v) is 8.07. The van der Waals surface area contributed by atoms with Crippen molar-refractivity contribution < 1.29 is 14.4 Å². The van der Waals surface area contributed by atoms with E-state index in [1.165, 1.54) is 45.6 Å². The van der Waals surface area contributed by atoms with Gasteiger partial charge in [0.1, 0.15) is 0 Å². The standard InChI is InChI=1S/C16H26N2O3/c1-18(21-2)15(20)10-17-14(19)9-16-6-11-3-12(7-16)5-13(4-11)8-16/h11-13H,3-10H2,1-2H3,(H,17,19). The maximum Gasteiger partial charge on any atom is 0.265 e. The Bertz CT molecular complexity index is 400. The highest BCUT2D eigenvalue weighted by Gasteiger charge is 2.51. The Kier molecular flexibility index (Phi) is 3.95. The molecule has 0 aromatic carbocycles. The molecule has 0 saturated heterocycles. The number of carbonyl (C=O) groups excluding carboxylic acids is 2. The SMILES string of the molecule is CON(C)C(=O)CNC(=O)CC12CC3CC(CC(C3)C1)C2. The molecule has 5 nitrogen and oxygen atoms in total. The van der Waals surface area contributed by atoms with E-state index in [-0.39, 0.29) is 23.8 Å². The number of hydroxylamine groups is 2. The molecule has 0 atom stereocenters. The molecule has 4 rings (SSSR count).